The van der Waals surface area contributed by atoms with Crippen LogP contribution in [-0.2, 0) is 24.1 Å². The topological polar surface area (TPSA) is 58.1 Å². The highest BCUT2D eigenvalue weighted by molar-refractivity contribution is 5.83. The lowest BCUT2D eigenvalue weighted by Gasteiger charge is -2.24. The van der Waals surface area contributed by atoms with Crippen molar-refractivity contribution in [2.45, 2.75) is 45.1 Å². The molecule has 0 radical (unpaired) electrons. The number of carbonyl (C=O) groups excluding carboxylic acids is 1. The van der Waals surface area contributed by atoms with Crippen molar-refractivity contribution in [1.29, 1.82) is 0 Å². The first-order valence-corrected chi connectivity index (χ1v) is 9.50. The lowest BCUT2D eigenvalue weighted by Crippen LogP contribution is -2.38. The summed E-state index contributed by atoms with van der Waals surface area (Å²) >= 11 is 0. The normalized spacial score (nSPS) is 14.7. The van der Waals surface area contributed by atoms with Crippen LogP contribution < -0.4 is 5.32 Å². The van der Waals surface area contributed by atoms with E-state index in [-0.39, 0.29) is 11.7 Å². The third kappa shape index (κ3) is 4.69. The van der Waals surface area contributed by atoms with Gasteiger partial charge in [-0.3, -0.25) is 9.69 Å². The monoisotopic (exact) mass is 370 g/mol. The summed E-state index contributed by atoms with van der Waals surface area (Å²) in [7, 11) is 3.62. The molecule has 0 bridgehead atoms. The minimum absolute atomic E-state index is 0.153. The molecule has 0 saturated heterocycles. The molecule has 1 N–H and O–H groups in total. The zero-order valence-electron chi connectivity index (χ0n) is 16.3. The molecule has 1 atom stereocenters. The van der Waals surface area contributed by atoms with Crippen molar-refractivity contribution in [3.8, 4) is 0 Å². The van der Waals surface area contributed by atoms with Crippen LogP contribution in [0.15, 0.2) is 24.3 Å². The number of rotatable bonds is 6. The fraction of sp³-hybridized carbons (Fsp3) is 0.476. The molecule has 1 unspecified atom stereocenters. The van der Waals surface area contributed by atoms with Crippen LogP contribution >= 0.6 is 0 Å². The van der Waals surface area contributed by atoms with E-state index in [9.17, 15) is 9.18 Å². The molecule has 2 aromatic rings. The van der Waals surface area contributed by atoms with Gasteiger partial charge in [0, 0.05) is 24.4 Å². The van der Waals surface area contributed by atoms with Crippen molar-refractivity contribution < 1.29 is 9.18 Å². The predicted octanol–water partition coefficient (Wildman–Crippen LogP) is 2.76. The highest BCUT2D eigenvalue weighted by Crippen LogP contribution is 2.22. The van der Waals surface area contributed by atoms with Gasteiger partial charge in [-0.2, -0.15) is 0 Å². The second-order valence-electron chi connectivity index (χ2n) is 7.32. The Balaban J connectivity index is 1.64. The number of halogens is 1. The van der Waals surface area contributed by atoms with E-state index in [1.54, 1.807) is 17.0 Å². The van der Waals surface area contributed by atoms with Crippen LogP contribution in [0.1, 0.15) is 47.2 Å². The Morgan fingerprint density at radius 2 is 2.04 bits per heavy atom. The molecule has 0 saturated carbocycles. The van der Waals surface area contributed by atoms with E-state index in [1.165, 1.54) is 36.2 Å². The van der Waals surface area contributed by atoms with Crippen LogP contribution in [0.3, 0.4) is 0 Å². The average molecular weight is 370 g/mol. The molecular formula is C21H27FN4O. The lowest BCUT2D eigenvalue weighted by molar-refractivity contribution is -0.125. The van der Waals surface area contributed by atoms with Gasteiger partial charge in [-0.1, -0.05) is 12.1 Å². The van der Waals surface area contributed by atoms with Crippen LogP contribution in [-0.4, -0.2) is 41.4 Å². The van der Waals surface area contributed by atoms with E-state index >= 15 is 0 Å². The van der Waals surface area contributed by atoms with Gasteiger partial charge < -0.3 is 5.32 Å². The molecule has 27 heavy (non-hydrogen) atoms. The van der Waals surface area contributed by atoms with E-state index in [0.29, 0.717) is 18.5 Å². The van der Waals surface area contributed by atoms with Crippen molar-refractivity contribution in [3.05, 3.63) is 58.4 Å². The third-order valence-corrected chi connectivity index (χ3v) is 5.01. The molecule has 1 aromatic heterocycles. The maximum absolute atomic E-state index is 13.5. The van der Waals surface area contributed by atoms with Gasteiger partial charge in [-0.05, 0) is 70.0 Å². The number of likely N-dealkylation sites (N-methyl/N-ethyl adjacent to an activating group) is 1. The number of amides is 1. The summed E-state index contributed by atoms with van der Waals surface area (Å²) in [6.45, 7) is 2.50. The second-order valence-corrected chi connectivity index (χ2v) is 7.32. The fourth-order valence-corrected chi connectivity index (χ4v) is 3.71. The number of nitrogens with zero attached hydrogens (tertiary/aromatic N) is 3. The van der Waals surface area contributed by atoms with E-state index < -0.39 is 6.04 Å². The maximum atomic E-state index is 13.5. The number of hydrogen-bond donors (Lipinski definition) is 1. The SMILES string of the molecule is Cc1nc(CCNC(=O)C(c2cccc(F)c2)N(C)C)nc2c1CCCC2. The number of aryl methyl sites for hydroxylation is 2. The molecule has 1 heterocycles. The molecule has 0 fully saturated rings. The summed E-state index contributed by atoms with van der Waals surface area (Å²) in [5.74, 6) is 0.283. The van der Waals surface area contributed by atoms with Gasteiger partial charge in [0.05, 0.1) is 0 Å². The number of hydrogen-bond acceptors (Lipinski definition) is 4. The minimum Gasteiger partial charge on any atom is -0.354 e. The second kappa shape index (κ2) is 8.57. The van der Waals surface area contributed by atoms with E-state index in [0.717, 1.165) is 24.4 Å². The average Bonchev–Trinajstić information content (AvgIpc) is 2.62. The summed E-state index contributed by atoms with van der Waals surface area (Å²) in [5.41, 5.74) is 4.17. The first kappa shape index (κ1) is 19.4. The Morgan fingerprint density at radius 3 is 2.78 bits per heavy atom. The molecule has 6 heteroatoms. The molecule has 1 aromatic carbocycles. The molecule has 1 amide bonds. The fourth-order valence-electron chi connectivity index (χ4n) is 3.71. The molecule has 3 rings (SSSR count). The van der Waals surface area contributed by atoms with E-state index in [2.05, 4.69) is 10.3 Å². The molecular weight excluding hydrogens is 343 g/mol. The van der Waals surface area contributed by atoms with Gasteiger partial charge in [-0.25, -0.2) is 14.4 Å². The van der Waals surface area contributed by atoms with Crippen molar-refractivity contribution in [2.75, 3.05) is 20.6 Å². The molecule has 144 valence electrons. The summed E-state index contributed by atoms with van der Waals surface area (Å²) in [4.78, 5) is 23.8. The zero-order valence-corrected chi connectivity index (χ0v) is 16.3. The zero-order chi connectivity index (χ0) is 19.4. The minimum atomic E-state index is -0.535. The third-order valence-electron chi connectivity index (χ3n) is 5.01. The summed E-state index contributed by atoms with van der Waals surface area (Å²) in [6, 6.07) is 5.64. The van der Waals surface area contributed by atoms with Crippen molar-refractivity contribution >= 4 is 5.91 Å². The molecule has 0 aliphatic heterocycles. The van der Waals surface area contributed by atoms with E-state index in [4.69, 9.17) is 4.98 Å². The van der Waals surface area contributed by atoms with Gasteiger partial charge >= 0.3 is 0 Å². The number of benzene rings is 1. The Kier molecular flexibility index (Phi) is 6.16. The van der Waals surface area contributed by atoms with Gasteiger partial charge in [-0.15, -0.1) is 0 Å². The van der Waals surface area contributed by atoms with Crippen LogP contribution in [0.5, 0.6) is 0 Å². The molecule has 1 aliphatic carbocycles. The predicted molar refractivity (Wildman–Crippen MR) is 103 cm³/mol. The first-order chi connectivity index (χ1) is 13.0. The van der Waals surface area contributed by atoms with Crippen LogP contribution in [0, 0.1) is 12.7 Å². The van der Waals surface area contributed by atoms with Crippen LogP contribution in [0.25, 0.3) is 0 Å². The summed E-state index contributed by atoms with van der Waals surface area (Å²) < 4.78 is 13.5. The molecule has 1 aliphatic rings. The van der Waals surface area contributed by atoms with Gasteiger partial charge in [0.2, 0.25) is 5.91 Å². The van der Waals surface area contributed by atoms with Gasteiger partial charge in [0.15, 0.2) is 0 Å². The van der Waals surface area contributed by atoms with Crippen LogP contribution in [0.4, 0.5) is 4.39 Å². The number of carbonyl (C=O) groups is 1. The van der Waals surface area contributed by atoms with Crippen molar-refractivity contribution in [1.82, 2.24) is 20.2 Å². The van der Waals surface area contributed by atoms with Gasteiger partial charge in [0.25, 0.3) is 0 Å². The Bertz CT molecular complexity index is 822. The smallest absolute Gasteiger partial charge is 0.241 e. The molecule has 5 nitrogen and oxygen atoms in total. The largest absolute Gasteiger partial charge is 0.354 e. The number of fused-ring (bicyclic) bond motifs is 1. The summed E-state index contributed by atoms with van der Waals surface area (Å²) in [6.07, 6.45) is 5.05. The lowest BCUT2D eigenvalue weighted by atomic mass is 9.95. The Hall–Kier alpha value is -2.34. The maximum Gasteiger partial charge on any atom is 0.241 e. The Labute approximate surface area is 160 Å². The highest BCUT2D eigenvalue weighted by Gasteiger charge is 2.23. The summed E-state index contributed by atoms with van der Waals surface area (Å²) in [5, 5.41) is 2.95. The van der Waals surface area contributed by atoms with Crippen molar-refractivity contribution in [3.63, 3.8) is 0 Å². The van der Waals surface area contributed by atoms with E-state index in [1.807, 2.05) is 21.0 Å². The first-order valence-electron chi connectivity index (χ1n) is 9.50. The van der Waals surface area contributed by atoms with Gasteiger partial charge in [0.1, 0.15) is 17.7 Å². The number of nitrogens with one attached hydrogen (secondary N) is 1. The highest BCUT2D eigenvalue weighted by atomic mass is 19.1. The van der Waals surface area contributed by atoms with Crippen molar-refractivity contribution in [2.24, 2.45) is 0 Å². The van der Waals surface area contributed by atoms with Crippen LogP contribution in [0.2, 0.25) is 0 Å². The molecule has 0 spiro atoms. The Morgan fingerprint density at radius 1 is 1.26 bits per heavy atom. The quantitative estimate of drug-likeness (QED) is 0.850. The number of aromatic nitrogens is 2. The standard InChI is InChI=1S/C21H27FN4O/c1-14-17-9-4-5-10-18(17)25-19(24-14)11-12-23-21(27)20(26(2)3)15-7-6-8-16(22)13-15/h6-8,13,20H,4-5,9-12H2,1-3H3,(H,23,27).